The van der Waals surface area contributed by atoms with Gasteiger partial charge in [-0.3, -0.25) is 0 Å². The van der Waals surface area contributed by atoms with Crippen LogP contribution in [0, 0.1) is 0 Å². The smallest absolute Gasteiger partial charge is 0.164 e. The summed E-state index contributed by atoms with van der Waals surface area (Å²) in [4.78, 5) is 23.0. The van der Waals surface area contributed by atoms with Gasteiger partial charge in [0.2, 0.25) is 0 Å². The Kier molecular flexibility index (Phi) is 7.09. The summed E-state index contributed by atoms with van der Waals surface area (Å²) in [6.07, 6.45) is 5.23. The number of rotatable bonds is 6. The van der Waals surface area contributed by atoms with E-state index in [2.05, 4.69) is 94.9 Å². The van der Waals surface area contributed by atoms with Crippen molar-refractivity contribution in [3.8, 4) is 67.5 Å². The molecule has 0 N–H and O–H groups in total. The summed E-state index contributed by atoms with van der Waals surface area (Å²) in [6, 6.07) is 50.2. The highest BCUT2D eigenvalue weighted by atomic mass is 15.0. The van der Waals surface area contributed by atoms with Crippen molar-refractivity contribution in [2.45, 2.75) is 0 Å². The van der Waals surface area contributed by atoms with Gasteiger partial charge in [-0.15, -0.1) is 0 Å². The highest BCUT2D eigenvalue weighted by Gasteiger charge is 2.15. The molecule has 0 aliphatic rings. The van der Waals surface area contributed by atoms with E-state index in [4.69, 9.17) is 15.0 Å². The van der Waals surface area contributed by atoms with Crippen molar-refractivity contribution in [3.05, 3.63) is 164 Å². The van der Waals surface area contributed by atoms with Gasteiger partial charge in [-0.25, -0.2) is 24.9 Å². The predicted molar refractivity (Wildman–Crippen MR) is 186 cm³/mol. The van der Waals surface area contributed by atoms with E-state index in [9.17, 15) is 0 Å². The lowest BCUT2D eigenvalue weighted by molar-refractivity contribution is 1.07. The molecule has 0 unspecified atom stereocenters. The van der Waals surface area contributed by atoms with Crippen LogP contribution in [0.15, 0.2) is 164 Å². The molecule has 8 rings (SSSR count). The van der Waals surface area contributed by atoms with Crippen LogP contribution in [0.2, 0.25) is 0 Å². The first-order valence-electron chi connectivity index (χ1n) is 15.2. The highest BCUT2D eigenvalue weighted by molar-refractivity contribution is 6.04. The molecule has 0 atom stereocenters. The summed E-state index contributed by atoms with van der Waals surface area (Å²) in [6.45, 7) is 0. The van der Waals surface area contributed by atoms with Gasteiger partial charge in [0.15, 0.2) is 17.5 Å². The first-order valence-corrected chi connectivity index (χ1v) is 15.2. The van der Waals surface area contributed by atoms with Gasteiger partial charge in [-0.1, -0.05) is 146 Å². The largest absolute Gasteiger partial charge is 0.244 e. The van der Waals surface area contributed by atoms with Crippen molar-refractivity contribution in [1.29, 1.82) is 0 Å². The minimum atomic E-state index is 0.637. The van der Waals surface area contributed by atoms with Crippen molar-refractivity contribution >= 4 is 10.8 Å². The van der Waals surface area contributed by atoms with Crippen molar-refractivity contribution < 1.29 is 0 Å². The van der Waals surface area contributed by atoms with E-state index in [1.54, 1.807) is 6.33 Å². The van der Waals surface area contributed by atoms with E-state index in [0.717, 1.165) is 44.5 Å². The van der Waals surface area contributed by atoms with Crippen LogP contribution >= 0.6 is 0 Å². The lowest BCUT2D eigenvalue weighted by atomic mass is 9.89. The van der Waals surface area contributed by atoms with Gasteiger partial charge in [0, 0.05) is 34.6 Å². The lowest BCUT2D eigenvalue weighted by Crippen LogP contribution is -2.00. The van der Waals surface area contributed by atoms with Crippen LogP contribution in [0.5, 0.6) is 0 Å². The standard InChI is InChI=1S/C41H27N5/c1-3-10-32(11-4-1)39-44-40(33-12-5-2-6-13-33)46-41(45-39)34-21-17-30(18-22-34)37-24-23-29-9-7-8-14-36(29)38(37)31-19-15-28(16-20-31)35-25-42-27-43-26-35/h1-27H. The molecule has 0 spiro atoms. The third kappa shape index (κ3) is 5.31. The zero-order chi connectivity index (χ0) is 30.7. The predicted octanol–water partition coefficient (Wildman–Crippen LogP) is 9.82. The number of nitrogens with zero attached hydrogens (tertiary/aromatic N) is 5. The Balaban J connectivity index is 1.22. The van der Waals surface area contributed by atoms with Gasteiger partial charge in [0.25, 0.3) is 0 Å². The minimum Gasteiger partial charge on any atom is -0.244 e. The summed E-state index contributed by atoms with van der Waals surface area (Å²) in [5.74, 6) is 1.94. The van der Waals surface area contributed by atoms with Crippen molar-refractivity contribution in [2.75, 3.05) is 0 Å². The first-order chi connectivity index (χ1) is 22.8. The molecule has 0 bridgehead atoms. The van der Waals surface area contributed by atoms with E-state index >= 15 is 0 Å². The van der Waals surface area contributed by atoms with Crippen LogP contribution in [0.4, 0.5) is 0 Å². The average molecular weight is 590 g/mol. The van der Waals surface area contributed by atoms with E-state index in [0.29, 0.717) is 17.5 Å². The van der Waals surface area contributed by atoms with E-state index < -0.39 is 0 Å². The van der Waals surface area contributed by atoms with Gasteiger partial charge in [0.1, 0.15) is 6.33 Å². The Morgan fingerprint density at radius 1 is 0.326 bits per heavy atom. The highest BCUT2D eigenvalue weighted by Crippen LogP contribution is 2.39. The second-order valence-corrected chi connectivity index (χ2v) is 11.0. The molecule has 0 aliphatic carbocycles. The molecule has 5 nitrogen and oxygen atoms in total. The molecule has 46 heavy (non-hydrogen) atoms. The fourth-order valence-electron chi connectivity index (χ4n) is 5.84. The maximum absolute atomic E-state index is 4.91. The maximum atomic E-state index is 4.91. The number of hydrogen-bond donors (Lipinski definition) is 0. The molecule has 216 valence electrons. The lowest BCUT2D eigenvalue weighted by Gasteiger charge is -2.15. The minimum absolute atomic E-state index is 0.637. The third-order valence-electron chi connectivity index (χ3n) is 8.15. The summed E-state index contributed by atoms with van der Waals surface area (Å²) < 4.78 is 0. The van der Waals surface area contributed by atoms with Gasteiger partial charge < -0.3 is 0 Å². The second-order valence-electron chi connectivity index (χ2n) is 11.0. The average Bonchev–Trinajstić information content (AvgIpc) is 3.15. The van der Waals surface area contributed by atoms with Gasteiger partial charge >= 0.3 is 0 Å². The molecule has 5 heteroatoms. The zero-order valence-corrected chi connectivity index (χ0v) is 24.8. The summed E-state index contributed by atoms with van der Waals surface area (Å²) in [5, 5.41) is 2.41. The molecule has 0 saturated heterocycles. The Hall–Kier alpha value is -6.33. The number of hydrogen-bond acceptors (Lipinski definition) is 5. The molecule has 0 aliphatic heterocycles. The van der Waals surface area contributed by atoms with Crippen LogP contribution in [-0.4, -0.2) is 24.9 Å². The normalized spacial score (nSPS) is 11.0. The number of benzene rings is 6. The van der Waals surface area contributed by atoms with E-state index in [1.807, 2.05) is 73.1 Å². The quantitative estimate of drug-likeness (QED) is 0.193. The van der Waals surface area contributed by atoms with E-state index in [1.165, 1.54) is 16.3 Å². The second kappa shape index (κ2) is 12.0. The molecule has 2 heterocycles. The van der Waals surface area contributed by atoms with Crippen molar-refractivity contribution in [1.82, 2.24) is 24.9 Å². The molecule has 6 aromatic carbocycles. The summed E-state index contributed by atoms with van der Waals surface area (Å²) >= 11 is 0. The summed E-state index contributed by atoms with van der Waals surface area (Å²) in [7, 11) is 0. The van der Waals surface area contributed by atoms with Crippen LogP contribution < -0.4 is 0 Å². The van der Waals surface area contributed by atoms with Crippen molar-refractivity contribution in [2.24, 2.45) is 0 Å². The Bertz CT molecular complexity index is 2210. The SMILES string of the molecule is c1ccc(-c2nc(-c3ccccc3)nc(-c3ccc(-c4ccc5ccccc5c4-c4ccc(-c5cncnc5)cc4)cc3)n2)cc1. The Morgan fingerprint density at radius 3 is 1.41 bits per heavy atom. The van der Waals surface area contributed by atoms with Gasteiger partial charge in [-0.05, 0) is 38.6 Å². The van der Waals surface area contributed by atoms with Crippen LogP contribution in [0.3, 0.4) is 0 Å². The number of aromatic nitrogens is 5. The molecule has 0 saturated carbocycles. The third-order valence-corrected chi connectivity index (χ3v) is 8.15. The molecule has 0 radical (unpaired) electrons. The first kappa shape index (κ1) is 27.2. The molecular formula is C41H27N5. The topological polar surface area (TPSA) is 64.5 Å². The molecule has 2 aromatic heterocycles. The van der Waals surface area contributed by atoms with Gasteiger partial charge in [-0.2, -0.15) is 0 Å². The Labute approximate surface area is 267 Å². The van der Waals surface area contributed by atoms with Crippen LogP contribution in [-0.2, 0) is 0 Å². The van der Waals surface area contributed by atoms with Gasteiger partial charge in [0.05, 0.1) is 0 Å². The van der Waals surface area contributed by atoms with Crippen LogP contribution in [0.25, 0.3) is 78.3 Å². The van der Waals surface area contributed by atoms with Crippen LogP contribution in [0.1, 0.15) is 0 Å². The van der Waals surface area contributed by atoms with Crippen molar-refractivity contribution in [3.63, 3.8) is 0 Å². The monoisotopic (exact) mass is 589 g/mol. The Morgan fingerprint density at radius 2 is 0.804 bits per heavy atom. The fourth-order valence-corrected chi connectivity index (χ4v) is 5.84. The zero-order valence-electron chi connectivity index (χ0n) is 24.8. The maximum Gasteiger partial charge on any atom is 0.164 e. The number of fused-ring (bicyclic) bond motifs is 1. The van der Waals surface area contributed by atoms with E-state index in [-0.39, 0.29) is 0 Å². The fraction of sp³-hybridized carbons (Fsp3) is 0. The molecular weight excluding hydrogens is 562 g/mol. The molecule has 0 fully saturated rings. The summed E-state index contributed by atoms with van der Waals surface area (Å²) in [5.41, 5.74) is 9.52. The molecule has 8 aromatic rings. The molecule has 0 amide bonds.